The lowest BCUT2D eigenvalue weighted by Crippen LogP contribution is -2.57. The van der Waals surface area contributed by atoms with Gasteiger partial charge in [-0.05, 0) is 51.0 Å². The van der Waals surface area contributed by atoms with E-state index in [4.69, 9.17) is 11.5 Å². The first-order valence-corrected chi connectivity index (χ1v) is 11.5. The van der Waals surface area contributed by atoms with Crippen molar-refractivity contribution in [2.24, 2.45) is 17.4 Å². The second-order valence-corrected chi connectivity index (χ2v) is 8.72. The summed E-state index contributed by atoms with van der Waals surface area (Å²) in [5.74, 6) is -2.24. The standard InChI is InChI=1S/C20H37N5O5S/c1-12(2)10-15(19(28)25-9-5-7-16(25)20(29)30)24-18(27)14(6-3-4-8-21)23-17(26)13(22)11-31/h12-16,31H,3-11,21-22H2,1-2H3,(H,23,26)(H,24,27)(H,29,30). The fraction of sp³-hybridized carbons (Fsp3) is 0.800. The van der Waals surface area contributed by atoms with Gasteiger partial charge in [-0.15, -0.1) is 0 Å². The van der Waals surface area contributed by atoms with Gasteiger partial charge in [0, 0.05) is 12.3 Å². The molecule has 10 nitrogen and oxygen atoms in total. The van der Waals surface area contributed by atoms with E-state index in [1.54, 1.807) is 0 Å². The highest BCUT2D eigenvalue weighted by molar-refractivity contribution is 7.80. The van der Waals surface area contributed by atoms with E-state index in [0.717, 1.165) is 0 Å². The van der Waals surface area contributed by atoms with Crippen molar-refractivity contribution in [3.05, 3.63) is 0 Å². The Bertz CT molecular complexity index is 633. The maximum atomic E-state index is 13.1. The highest BCUT2D eigenvalue weighted by atomic mass is 32.1. The average molecular weight is 460 g/mol. The summed E-state index contributed by atoms with van der Waals surface area (Å²) >= 11 is 4.01. The lowest BCUT2D eigenvalue weighted by atomic mass is 10.0. The third-order valence-electron chi connectivity index (χ3n) is 5.26. The molecule has 0 saturated carbocycles. The molecule has 0 bridgehead atoms. The van der Waals surface area contributed by atoms with Gasteiger partial charge in [-0.25, -0.2) is 4.79 Å². The maximum absolute atomic E-state index is 13.1. The van der Waals surface area contributed by atoms with Crippen molar-refractivity contribution in [3.8, 4) is 0 Å². The van der Waals surface area contributed by atoms with Gasteiger partial charge < -0.3 is 32.1 Å². The number of carbonyl (C=O) groups is 4. The molecule has 0 aromatic heterocycles. The number of nitrogens with two attached hydrogens (primary N) is 2. The van der Waals surface area contributed by atoms with E-state index in [-0.39, 0.29) is 11.7 Å². The van der Waals surface area contributed by atoms with E-state index in [1.165, 1.54) is 4.90 Å². The van der Waals surface area contributed by atoms with Crippen LogP contribution in [0.4, 0.5) is 0 Å². The van der Waals surface area contributed by atoms with Gasteiger partial charge in [0.05, 0.1) is 6.04 Å². The van der Waals surface area contributed by atoms with Crippen LogP contribution in [0.1, 0.15) is 52.4 Å². The molecular formula is C20H37N5O5S. The van der Waals surface area contributed by atoms with Gasteiger partial charge in [-0.2, -0.15) is 12.6 Å². The highest BCUT2D eigenvalue weighted by Gasteiger charge is 2.38. The zero-order valence-corrected chi connectivity index (χ0v) is 19.3. The molecule has 4 atom stereocenters. The number of unbranched alkanes of at least 4 members (excludes halogenated alkanes) is 1. The number of likely N-dealkylation sites (tertiary alicyclic amines) is 1. The Morgan fingerprint density at radius 1 is 1.13 bits per heavy atom. The van der Waals surface area contributed by atoms with Crippen molar-refractivity contribution in [3.63, 3.8) is 0 Å². The van der Waals surface area contributed by atoms with Gasteiger partial charge in [-0.3, -0.25) is 14.4 Å². The van der Waals surface area contributed by atoms with Crippen molar-refractivity contribution in [2.45, 2.75) is 76.5 Å². The van der Waals surface area contributed by atoms with E-state index < -0.39 is 47.9 Å². The average Bonchev–Trinajstić information content (AvgIpc) is 3.21. The van der Waals surface area contributed by atoms with Crippen LogP contribution in [0.2, 0.25) is 0 Å². The molecule has 1 aliphatic heterocycles. The summed E-state index contributed by atoms with van der Waals surface area (Å²) in [6.45, 7) is 4.63. The van der Waals surface area contributed by atoms with Crippen molar-refractivity contribution >= 4 is 36.3 Å². The fourth-order valence-corrected chi connectivity index (χ4v) is 3.74. The molecular weight excluding hydrogens is 422 g/mol. The predicted octanol–water partition coefficient (Wildman–Crippen LogP) is -0.536. The highest BCUT2D eigenvalue weighted by Crippen LogP contribution is 2.20. The number of hydrogen-bond donors (Lipinski definition) is 6. The van der Waals surface area contributed by atoms with Crippen molar-refractivity contribution in [1.82, 2.24) is 15.5 Å². The third kappa shape index (κ3) is 8.66. The summed E-state index contributed by atoms with van der Waals surface area (Å²) in [5.41, 5.74) is 11.2. The largest absolute Gasteiger partial charge is 0.480 e. The van der Waals surface area contributed by atoms with Crippen molar-refractivity contribution < 1.29 is 24.3 Å². The zero-order valence-electron chi connectivity index (χ0n) is 18.4. The van der Waals surface area contributed by atoms with Gasteiger partial charge in [0.1, 0.15) is 18.1 Å². The quantitative estimate of drug-likeness (QED) is 0.159. The van der Waals surface area contributed by atoms with Gasteiger partial charge >= 0.3 is 5.97 Å². The normalized spacial score (nSPS) is 19.0. The molecule has 1 aliphatic rings. The first kappa shape index (κ1) is 27.2. The van der Waals surface area contributed by atoms with Crippen LogP contribution in [0.25, 0.3) is 0 Å². The van der Waals surface area contributed by atoms with Crippen molar-refractivity contribution in [1.29, 1.82) is 0 Å². The number of carboxylic acids is 1. The van der Waals surface area contributed by atoms with E-state index in [0.29, 0.717) is 51.6 Å². The smallest absolute Gasteiger partial charge is 0.326 e. The molecule has 31 heavy (non-hydrogen) atoms. The Labute approximate surface area is 189 Å². The fourth-order valence-electron chi connectivity index (χ4n) is 3.58. The van der Waals surface area contributed by atoms with Gasteiger partial charge in [-0.1, -0.05) is 13.8 Å². The maximum Gasteiger partial charge on any atom is 0.326 e. The van der Waals surface area contributed by atoms with Gasteiger partial charge in [0.15, 0.2) is 0 Å². The minimum atomic E-state index is -1.05. The number of thiol groups is 1. The molecule has 178 valence electrons. The van der Waals surface area contributed by atoms with E-state index in [9.17, 15) is 24.3 Å². The Hall–Kier alpha value is -1.85. The number of nitrogens with zero attached hydrogens (tertiary/aromatic N) is 1. The monoisotopic (exact) mass is 459 g/mol. The van der Waals surface area contributed by atoms with Crippen molar-refractivity contribution in [2.75, 3.05) is 18.8 Å². The molecule has 3 amide bonds. The zero-order chi connectivity index (χ0) is 23.6. The summed E-state index contributed by atoms with van der Waals surface area (Å²) in [6, 6.07) is -3.49. The molecule has 1 heterocycles. The van der Waals surface area contributed by atoms with E-state index in [1.807, 2.05) is 13.8 Å². The van der Waals surface area contributed by atoms with Crippen LogP contribution in [-0.4, -0.2) is 76.7 Å². The Morgan fingerprint density at radius 2 is 1.77 bits per heavy atom. The summed E-state index contributed by atoms with van der Waals surface area (Å²) in [5, 5.41) is 14.8. The van der Waals surface area contributed by atoms with Crippen LogP contribution >= 0.6 is 12.6 Å². The Kier molecular flexibility index (Phi) is 11.9. The van der Waals surface area contributed by atoms with Crippen LogP contribution < -0.4 is 22.1 Å². The number of amides is 3. The summed E-state index contributed by atoms with van der Waals surface area (Å²) in [4.78, 5) is 51.2. The first-order valence-electron chi connectivity index (χ1n) is 10.8. The Balaban J connectivity index is 2.96. The van der Waals surface area contributed by atoms with E-state index in [2.05, 4.69) is 23.3 Å². The summed E-state index contributed by atoms with van der Waals surface area (Å²) in [6.07, 6.45) is 2.99. The molecule has 0 radical (unpaired) electrons. The minimum absolute atomic E-state index is 0.0861. The van der Waals surface area contributed by atoms with Crippen LogP contribution in [0, 0.1) is 5.92 Å². The third-order valence-corrected chi connectivity index (χ3v) is 5.65. The van der Waals surface area contributed by atoms with E-state index >= 15 is 0 Å². The second-order valence-electron chi connectivity index (χ2n) is 8.35. The lowest BCUT2D eigenvalue weighted by molar-refractivity contribution is -0.149. The first-order chi connectivity index (χ1) is 14.6. The van der Waals surface area contributed by atoms with Crippen LogP contribution in [0.15, 0.2) is 0 Å². The topological polar surface area (TPSA) is 168 Å². The summed E-state index contributed by atoms with van der Waals surface area (Å²) in [7, 11) is 0. The van der Waals surface area contributed by atoms with Crippen LogP contribution in [0.5, 0.6) is 0 Å². The molecule has 1 fully saturated rings. The van der Waals surface area contributed by atoms with Gasteiger partial charge in [0.25, 0.3) is 0 Å². The molecule has 0 aliphatic carbocycles. The van der Waals surface area contributed by atoms with Gasteiger partial charge in [0.2, 0.25) is 17.7 Å². The molecule has 4 unspecified atom stereocenters. The molecule has 0 aromatic rings. The number of aliphatic carboxylic acids is 1. The molecule has 11 heteroatoms. The molecule has 7 N–H and O–H groups in total. The Morgan fingerprint density at radius 3 is 2.32 bits per heavy atom. The number of rotatable bonds is 13. The van der Waals surface area contributed by atoms with Crippen LogP contribution in [-0.2, 0) is 19.2 Å². The van der Waals surface area contributed by atoms with Crippen LogP contribution in [0.3, 0.4) is 0 Å². The predicted molar refractivity (Wildman–Crippen MR) is 120 cm³/mol. The summed E-state index contributed by atoms with van der Waals surface area (Å²) < 4.78 is 0. The number of carboxylic acid groups (broad SMARTS) is 1. The molecule has 1 saturated heterocycles. The molecule has 0 aromatic carbocycles. The number of nitrogens with one attached hydrogen (secondary N) is 2. The molecule has 1 rings (SSSR count). The number of hydrogen-bond acceptors (Lipinski definition) is 7. The second kappa shape index (κ2) is 13.5. The lowest BCUT2D eigenvalue weighted by Gasteiger charge is -2.29. The SMILES string of the molecule is CC(C)CC(NC(=O)C(CCCCN)NC(=O)C(N)CS)C(=O)N1CCCC1C(=O)O. The minimum Gasteiger partial charge on any atom is -0.480 e. The number of carbonyl (C=O) groups excluding carboxylic acids is 3. The molecule has 0 spiro atoms.